The van der Waals surface area contributed by atoms with Crippen molar-refractivity contribution in [2.24, 2.45) is 0 Å². The molecule has 0 aliphatic rings. The summed E-state index contributed by atoms with van der Waals surface area (Å²) in [6.07, 6.45) is 2.16. The van der Waals surface area contributed by atoms with E-state index in [1.54, 1.807) is 7.11 Å². The Balaban J connectivity index is 2.26. The second-order valence-electron chi connectivity index (χ2n) is 3.97. The summed E-state index contributed by atoms with van der Waals surface area (Å²) in [6, 6.07) is 20.6. The van der Waals surface area contributed by atoms with Gasteiger partial charge in [0.15, 0.2) is 0 Å². The predicted octanol–water partition coefficient (Wildman–Crippen LogP) is 4.85. The number of ether oxygens (including phenoxy) is 1. The first-order valence-electron chi connectivity index (χ1n) is 5.81. The van der Waals surface area contributed by atoms with Gasteiger partial charge in [-0.15, -0.1) is 0 Å². The lowest BCUT2D eigenvalue weighted by atomic mass is 10.1. The molecular weight excluding hydrogens is 335 g/mol. The van der Waals surface area contributed by atoms with Crippen LogP contribution < -0.4 is 0 Å². The fourth-order valence-corrected chi connectivity index (χ4v) is 2.79. The summed E-state index contributed by atoms with van der Waals surface area (Å²) in [5, 5.41) is 0. The lowest BCUT2D eigenvalue weighted by molar-refractivity contribution is 0.142. The highest BCUT2D eigenvalue weighted by Gasteiger charge is 2.13. The van der Waals surface area contributed by atoms with Gasteiger partial charge in [0.25, 0.3) is 0 Å². The van der Waals surface area contributed by atoms with Crippen molar-refractivity contribution in [2.75, 3.05) is 7.11 Å². The van der Waals surface area contributed by atoms with Gasteiger partial charge in [0.1, 0.15) is 6.10 Å². The fraction of sp³-hybridized carbons (Fsp3) is 0.125. The maximum Gasteiger partial charge on any atom is 0.113 e. The van der Waals surface area contributed by atoms with Crippen LogP contribution in [0.2, 0.25) is 0 Å². The van der Waals surface area contributed by atoms with Gasteiger partial charge in [-0.1, -0.05) is 60.7 Å². The molecule has 2 heteroatoms. The first kappa shape index (κ1) is 13.3. The molecule has 1 nitrogen and oxygen atoms in total. The number of rotatable bonds is 4. The Bertz CT molecular complexity index is 505. The van der Waals surface area contributed by atoms with Gasteiger partial charge in [0.05, 0.1) is 0 Å². The molecule has 92 valence electrons. The van der Waals surface area contributed by atoms with E-state index in [-0.39, 0.29) is 6.10 Å². The van der Waals surface area contributed by atoms with Crippen LogP contribution in [0.5, 0.6) is 0 Å². The van der Waals surface area contributed by atoms with Crippen molar-refractivity contribution in [3.63, 3.8) is 0 Å². The quantitative estimate of drug-likeness (QED) is 0.717. The molecule has 0 bridgehead atoms. The van der Waals surface area contributed by atoms with Gasteiger partial charge in [0.2, 0.25) is 0 Å². The molecule has 0 radical (unpaired) electrons. The van der Waals surface area contributed by atoms with E-state index < -0.39 is 0 Å². The van der Waals surface area contributed by atoms with E-state index in [1.807, 2.05) is 36.4 Å². The number of hydrogen-bond acceptors (Lipinski definition) is 1. The molecule has 0 N–H and O–H groups in total. The van der Waals surface area contributed by atoms with Crippen molar-refractivity contribution in [1.82, 2.24) is 0 Å². The van der Waals surface area contributed by atoms with Crippen LogP contribution in [0.15, 0.2) is 64.2 Å². The van der Waals surface area contributed by atoms with E-state index in [0.29, 0.717) is 0 Å². The van der Waals surface area contributed by atoms with Gasteiger partial charge < -0.3 is 4.74 Å². The summed E-state index contributed by atoms with van der Waals surface area (Å²) in [5.41, 5.74) is 2.37. The van der Waals surface area contributed by atoms with Gasteiger partial charge in [0, 0.05) is 10.7 Å². The highest BCUT2D eigenvalue weighted by molar-refractivity contribution is 14.1. The predicted molar refractivity (Wildman–Crippen MR) is 84.6 cm³/mol. The van der Waals surface area contributed by atoms with Crippen molar-refractivity contribution in [3.8, 4) is 0 Å². The Morgan fingerprint density at radius 1 is 1.00 bits per heavy atom. The molecule has 0 fully saturated rings. The Morgan fingerprint density at radius 2 is 1.56 bits per heavy atom. The van der Waals surface area contributed by atoms with E-state index in [0.717, 1.165) is 0 Å². The minimum absolute atomic E-state index is 0.00649. The standard InChI is InChI=1S/C16H15IO/c1-18-16(14-10-6-3-7-11-14)15(17)12-13-8-4-2-5-9-13/h2-12,16H,1H3/b15-12-. The zero-order valence-corrected chi connectivity index (χ0v) is 12.4. The zero-order chi connectivity index (χ0) is 12.8. The van der Waals surface area contributed by atoms with E-state index in [2.05, 4.69) is 52.9 Å². The molecule has 2 aromatic rings. The maximum atomic E-state index is 5.59. The molecule has 0 aliphatic heterocycles. The molecule has 1 atom stereocenters. The Morgan fingerprint density at radius 3 is 2.11 bits per heavy atom. The van der Waals surface area contributed by atoms with Crippen LogP contribution in [0.25, 0.3) is 6.08 Å². The van der Waals surface area contributed by atoms with Crippen LogP contribution in [-0.2, 0) is 4.74 Å². The van der Waals surface area contributed by atoms with Crippen LogP contribution >= 0.6 is 22.6 Å². The van der Waals surface area contributed by atoms with Gasteiger partial charge in [-0.3, -0.25) is 0 Å². The molecule has 0 saturated carbocycles. The van der Waals surface area contributed by atoms with Gasteiger partial charge >= 0.3 is 0 Å². The number of hydrogen-bond donors (Lipinski definition) is 0. The number of benzene rings is 2. The molecule has 0 saturated heterocycles. The third-order valence-electron chi connectivity index (χ3n) is 2.69. The molecule has 0 aromatic heterocycles. The molecule has 0 spiro atoms. The summed E-state index contributed by atoms with van der Waals surface area (Å²) >= 11 is 2.35. The van der Waals surface area contributed by atoms with Crippen molar-refractivity contribution in [1.29, 1.82) is 0 Å². The molecule has 18 heavy (non-hydrogen) atoms. The van der Waals surface area contributed by atoms with Crippen molar-refractivity contribution in [3.05, 3.63) is 75.4 Å². The second kappa shape index (κ2) is 6.71. The summed E-state index contributed by atoms with van der Waals surface area (Å²) < 4.78 is 6.77. The Labute approximate surface area is 122 Å². The summed E-state index contributed by atoms with van der Waals surface area (Å²) in [5.74, 6) is 0. The summed E-state index contributed by atoms with van der Waals surface area (Å²) in [4.78, 5) is 0. The SMILES string of the molecule is COC(/C(I)=C/c1ccccc1)c1ccccc1. The topological polar surface area (TPSA) is 9.23 Å². The molecule has 0 aliphatic carbocycles. The van der Waals surface area contributed by atoms with Crippen molar-refractivity contribution < 1.29 is 4.74 Å². The Hall–Kier alpha value is -1.13. The lowest BCUT2D eigenvalue weighted by Gasteiger charge is -2.15. The molecule has 1 unspecified atom stereocenters. The molecule has 0 amide bonds. The molecule has 0 heterocycles. The first-order chi connectivity index (χ1) is 8.81. The van der Waals surface area contributed by atoms with Crippen molar-refractivity contribution in [2.45, 2.75) is 6.10 Å². The normalized spacial score (nSPS) is 13.3. The van der Waals surface area contributed by atoms with Crippen LogP contribution in [0.4, 0.5) is 0 Å². The van der Waals surface area contributed by atoms with Crippen LogP contribution in [0.3, 0.4) is 0 Å². The smallest absolute Gasteiger partial charge is 0.113 e. The Kier molecular flexibility index (Phi) is 4.96. The van der Waals surface area contributed by atoms with Gasteiger partial charge in [-0.2, -0.15) is 0 Å². The zero-order valence-electron chi connectivity index (χ0n) is 10.2. The highest BCUT2D eigenvalue weighted by atomic mass is 127. The van der Waals surface area contributed by atoms with Crippen LogP contribution in [0.1, 0.15) is 17.2 Å². The van der Waals surface area contributed by atoms with E-state index in [9.17, 15) is 0 Å². The first-order valence-corrected chi connectivity index (χ1v) is 6.89. The van der Waals surface area contributed by atoms with E-state index >= 15 is 0 Å². The average molecular weight is 350 g/mol. The van der Waals surface area contributed by atoms with Crippen molar-refractivity contribution >= 4 is 28.7 Å². The average Bonchev–Trinajstić information content (AvgIpc) is 2.42. The third kappa shape index (κ3) is 3.43. The minimum atomic E-state index is 0.00649. The molecule has 2 rings (SSSR count). The molecular formula is C16H15IO. The van der Waals surface area contributed by atoms with Crippen LogP contribution in [-0.4, -0.2) is 7.11 Å². The van der Waals surface area contributed by atoms with Gasteiger partial charge in [-0.25, -0.2) is 0 Å². The largest absolute Gasteiger partial charge is 0.372 e. The summed E-state index contributed by atoms with van der Waals surface area (Å²) in [6.45, 7) is 0. The lowest BCUT2D eigenvalue weighted by Crippen LogP contribution is -2.00. The van der Waals surface area contributed by atoms with Gasteiger partial charge in [-0.05, 0) is 39.8 Å². The second-order valence-corrected chi connectivity index (χ2v) is 5.21. The minimum Gasteiger partial charge on any atom is -0.372 e. The van der Waals surface area contributed by atoms with E-state index in [1.165, 1.54) is 14.7 Å². The van der Waals surface area contributed by atoms with E-state index in [4.69, 9.17) is 4.74 Å². The fourth-order valence-electron chi connectivity index (χ4n) is 1.82. The highest BCUT2D eigenvalue weighted by Crippen LogP contribution is 2.31. The number of methoxy groups -OCH3 is 1. The van der Waals surface area contributed by atoms with Crippen LogP contribution in [0, 0.1) is 0 Å². The molecule has 2 aromatic carbocycles. The summed E-state index contributed by atoms with van der Waals surface area (Å²) in [7, 11) is 1.75. The number of halogens is 1. The monoisotopic (exact) mass is 350 g/mol. The third-order valence-corrected chi connectivity index (χ3v) is 3.57. The maximum absolute atomic E-state index is 5.59.